The maximum Gasteiger partial charge on any atom is 0.323 e. The highest BCUT2D eigenvalue weighted by atomic mass is 16.5. The zero-order valence-electron chi connectivity index (χ0n) is 16.3. The van der Waals surface area contributed by atoms with Crippen LogP contribution in [0.2, 0.25) is 0 Å². The normalized spacial score (nSPS) is 13.8. The molecule has 7 nitrogen and oxygen atoms in total. The smallest absolute Gasteiger partial charge is 0.323 e. The lowest BCUT2D eigenvalue weighted by molar-refractivity contribution is 0.122. The van der Waals surface area contributed by atoms with Crippen LogP contribution >= 0.6 is 0 Å². The van der Waals surface area contributed by atoms with Gasteiger partial charge in [-0.2, -0.15) is 0 Å². The molecule has 0 radical (unpaired) electrons. The first kappa shape index (κ1) is 18.9. The van der Waals surface area contributed by atoms with Gasteiger partial charge in [-0.05, 0) is 43.3 Å². The molecule has 3 aromatic rings. The van der Waals surface area contributed by atoms with Crippen LogP contribution in [-0.4, -0.2) is 42.5 Å². The Morgan fingerprint density at radius 1 is 0.862 bits per heavy atom. The molecule has 4 rings (SSSR count). The molecule has 1 aromatic heterocycles. The third kappa shape index (κ3) is 4.89. The second-order valence-corrected chi connectivity index (χ2v) is 6.90. The van der Waals surface area contributed by atoms with Crippen molar-refractivity contribution < 1.29 is 9.53 Å². The molecule has 0 bridgehead atoms. The summed E-state index contributed by atoms with van der Waals surface area (Å²) in [7, 11) is 0. The van der Waals surface area contributed by atoms with Crippen molar-refractivity contribution in [2.45, 2.75) is 6.92 Å². The largest absolute Gasteiger partial charge is 0.378 e. The summed E-state index contributed by atoms with van der Waals surface area (Å²) < 4.78 is 5.37. The van der Waals surface area contributed by atoms with Crippen LogP contribution in [0.1, 0.15) is 5.56 Å². The predicted octanol–water partition coefficient (Wildman–Crippen LogP) is 3.93. The van der Waals surface area contributed by atoms with Crippen LogP contribution in [0, 0.1) is 6.92 Å². The lowest BCUT2D eigenvalue weighted by Gasteiger charge is -2.27. The summed E-state index contributed by atoms with van der Waals surface area (Å²) in [5, 5.41) is 14.3. The molecule has 1 saturated heterocycles. The number of nitrogens with one attached hydrogen (secondary N) is 2. The van der Waals surface area contributed by atoms with E-state index in [9.17, 15) is 4.79 Å². The van der Waals surface area contributed by atoms with E-state index in [1.807, 2.05) is 67.6 Å². The van der Waals surface area contributed by atoms with Crippen molar-refractivity contribution in [2.24, 2.45) is 0 Å². The van der Waals surface area contributed by atoms with Gasteiger partial charge in [-0.1, -0.05) is 29.8 Å². The quantitative estimate of drug-likeness (QED) is 0.707. The lowest BCUT2D eigenvalue weighted by Crippen LogP contribution is -2.36. The number of rotatable bonds is 4. The highest BCUT2D eigenvalue weighted by molar-refractivity contribution is 5.99. The molecule has 1 aliphatic rings. The van der Waals surface area contributed by atoms with E-state index < -0.39 is 0 Å². The number of nitrogens with zero attached hydrogens (tertiary/aromatic N) is 3. The first-order valence-corrected chi connectivity index (χ1v) is 9.59. The van der Waals surface area contributed by atoms with Gasteiger partial charge in [0.05, 0.1) is 18.9 Å². The molecule has 2 aromatic carbocycles. The Bertz CT molecular complexity index is 950. The number of aryl methyl sites for hydroxylation is 1. The fraction of sp³-hybridized carbons (Fsp3) is 0.227. The third-order valence-corrected chi connectivity index (χ3v) is 4.73. The van der Waals surface area contributed by atoms with E-state index in [0.29, 0.717) is 5.69 Å². The number of benzene rings is 2. The Hall–Kier alpha value is -3.45. The van der Waals surface area contributed by atoms with E-state index in [-0.39, 0.29) is 6.03 Å². The molecular weight excluding hydrogens is 366 g/mol. The average molecular weight is 389 g/mol. The number of hydrogen-bond acceptors (Lipinski definition) is 5. The number of aromatic nitrogens is 2. The second kappa shape index (κ2) is 8.70. The van der Waals surface area contributed by atoms with E-state index in [1.165, 1.54) is 0 Å². The van der Waals surface area contributed by atoms with Gasteiger partial charge < -0.3 is 20.3 Å². The molecule has 7 heteroatoms. The summed E-state index contributed by atoms with van der Waals surface area (Å²) in [6.07, 6.45) is 0. The van der Waals surface area contributed by atoms with Crippen LogP contribution in [0.15, 0.2) is 60.7 Å². The van der Waals surface area contributed by atoms with Gasteiger partial charge in [0.2, 0.25) is 0 Å². The van der Waals surface area contributed by atoms with Gasteiger partial charge in [0.15, 0.2) is 5.82 Å². The van der Waals surface area contributed by atoms with E-state index in [1.54, 1.807) is 0 Å². The number of anilines is 3. The summed E-state index contributed by atoms with van der Waals surface area (Å²) in [5.41, 5.74) is 4.33. The third-order valence-electron chi connectivity index (χ3n) is 4.73. The minimum atomic E-state index is -0.281. The molecular formula is C22H23N5O2. The van der Waals surface area contributed by atoms with E-state index in [0.717, 1.165) is 54.6 Å². The fourth-order valence-electron chi connectivity index (χ4n) is 3.09. The molecule has 0 aliphatic carbocycles. The van der Waals surface area contributed by atoms with Crippen LogP contribution in [0.5, 0.6) is 0 Å². The number of carbonyl (C=O) groups excluding carboxylic acids is 1. The first-order valence-electron chi connectivity index (χ1n) is 9.59. The summed E-state index contributed by atoms with van der Waals surface area (Å²) in [4.78, 5) is 14.3. The van der Waals surface area contributed by atoms with Crippen molar-refractivity contribution in [3.05, 3.63) is 66.2 Å². The molecule has 0 spiro atoms. The molecule has 2 N–H and O–H groups in total. The van der Waals surface area contributed by atoms with Gasteiger partial charge in [0.1, 0.15) is 0 Å². The van der Waals surface area contributed by atoms with Crippen molar-refractivity contribution in [1.82, 2.24) is 10.2 Å². The van der Waals surface area contributed by atoms with Crippen LogP contribution in [0.3, 0.4) is 0 Å². The van der Waals surface area contributed by atoms with Gasteiger partial charge in [0.25, 0.3) is 0 Å². The van der Waals surface area contributed by atoms with Gasteiger partial charge in [-0.15, -0.1) is 10.2 Å². The molecule has 148 valence electrons. The van der Waals surface area contributed by atoms with E-state index in [2.05, 4.69) is 25.7 Å². The molecule has 29 heavy (non-hydrogen) atoms. The molecule has 2 amide bonds. The summed E-state index contributed by atoms with van der Waals surface area (Å²) in [6, 6.07) is 18.8. The number of urea groups is 1. The number of morpholine rings is 1. The summed E-state index contributed by atoms with van der Waals surface area (Å²) in [6.45, 7) is 5.11. The van der Waals surface area contributed by atoms with Crippen LogP contribution in [-0.2, 0) is 4.74 Å². The fourth-order valence-corrected chi connectivity index (χ4v) is 3.09. The zero-order chi connectivity index (χ0) is 20.1. The Balaban J connectivity index is 1.37. The van der Waals surface area contributed by atoms with Crippen LogP contribution in [0.25, 0.3) is 11.3 Å². The molecule has 0 unspecified atom stereocenters. The van der Waals surface area contributed by atoms with Crippen molar-refractivity contribution in [3.8, 4) is 11.3 Å². The zero-order valence-corrected chi connectivity index (χ0v) is 16.3. The molecule has 1 aliphatic heterocycles. The Labute approximate surface area is 169 Å². The number of ether oxygens (including phenoxy) is 1. The van der Waals surface area contributed by atoms with Crippen molar-refractivity contribution in [2.75, 3.05) is 41.8 Å². The standard InChI is InChI=1S/C22H23N5O2/c1-16-2-6-18(7-3-16)23-22(28)24-19-8-4-17(5-9-19)20-10-11-21(26-25-20)27-12-14-29-15-13-27/h2-11H,12-15H2,1H3,(H2,23,24,28). The Morgan fingerprint density at radius 2 is 1.48 bits per heavy atom. The maximum atomic E-state index is 12.2. The van der Waals surface area contributed by atoms with Gasteiger partial charge in [0, 0.05) is 30.0 Å². The minimum absolute atomic E-state index is 0.281. The maximum absolute atomic E-state index is 12.2. The molecule has 0 saturated carbocycles. The first-order chi connectivity index (χ1) is 14.2. The van der Waals surface area contributed by atoms with Gasteiger partial charge in [-0.25, -0.2) is 4.79 Å². The van der Waals surface area contributed by atoms with Crippen molar-refractivity contribution in [3.63, 3.8) is 0 Å². The summed E-state index contributed by atoms with van der Waals surface area (Å²) in [5.74, 6) is 0.864. The number of amides is 2. The van der Waals surface area contributed by atoms with E-state index in [4.69, 9.17) is 4.74 Å². The summed E-state index contributed by atoms with van der Waals surface area (Å²) >= 11 is 0. The Morgan fingerprint density at radius 3 is 2.07 bits per heavy atom. The van der Waals surface area contributed by atoms with Gasteiger partial charge in [-0.3, -0.25) is 0 Å². The van der Waals surface area contributed by atoms with Crippen molar-refractivity contribution >= 4 is 23.2 Å². The topological polar surface area (TPSA) is 79.4 Å². The second-order valence-electron chi connectivity index (χ2n) is 6.90. The predicted molar refractivity (Wildman–Crippen MR) is 114 cm³/mol. The average Bonchev–Trinajstić information content (AvgIpc) is 2.77. The monoisotopic (exact) mass is 389 g/mol. The van der Waals surface area contributed by atoms with E-state index >= 15 is 0 Å². The van der Waals surface area contributed by atoms with Gasteiger partial charge >= 0.3 is 6.03 Å². The number of carbonyl (C=O) groups is 1. The highest BCUT2D eigenvalue weighted by Crippen LogP contribution is 2.21. The SMILES string of the molecule is Cc1ccc(NC(=O)Nc2ccc(-c3ccc(N4CCOCC4)nn3)cc2)cc1. The highest BCUT2D eigenvalue weighted by Gasteiger charge is 2.13. The minimum Gasteiger partial charge on any atom is -0.378 e. The molecule has 0 atom stereocenters. The Kier molecular flexibility index (Phi) is 5.67. The molecule has 2 heterocycles. The van der Waals surface area contributed by atoms with Crippen LogP contribution < -0.4 is 15.5 Å². The van der Waals surface area contributed by atoms with Crippen molar-refractivity contribution in [1.29, 1.82) is 0 Å². The molecule has 1 fully saturated rings. The number of hydrogen-bond donors (Lipinski definition) is 2. The van der Waals surface area contributed by atoms with Crippen LogP contribution in [0.4, 0.5) is 22.0 Å². The lowest BCUT2D eigenvalue weighted by atomic mass is 10.1.